The third-order valence-electron chi connectivity index (χ3n) is 9.01. The second-order valence-corrected chi connectivity index (χ2v) is 14.2. The molecule has 12 nitrogen and oxygen atoms in total. The average Bonchev–Trinajstić information content (AvgIpc) is 3.97. The van der Waals surface area contributed by atoms with Crippen LogP contribution in [0.15, 0.2) is 125 Å². The van der Waals surface area contributed by atoms with Gasteiger partial charge in [-0.15, -0.1) is 26.3 Å². The number of hydrogen-bond donors (Lipinski definition) is 1. The van der Waals surface area contributed by atoms with Crippen molar-refractivity contribution in [1.82, 2.24) is 10.3 Å². The lowest BCUT2D eigenvalue weighted by Gasteiger charge is -2.16. The molecule has 354 valence electrons. The lowest BCUT2D eigenvalue weighted by Crippen LogP contribution is -2.18. The summed E-state index contributed by atoms with van der Waals surface area (Å²) in [5, 5.41) is 16.8. The molecule has 0 bridgehead atoms. The van der Waals surface area contributed by atoms with Gasteiger partial charge < -0.3 is 37.8 Å². The molecule has 0 aliphatic carbocycles. The maximum absolute atomic E-state index is 12.7. The van der Waals surface area contributed by atoms with E-state index in [1.165, 1.54) is 36.8 Å². The van der Waals surface area contributed by atoms with Gasteiger partial charge in [-0.25, -0.2) is 0 Å². The van der Waals surface area contributed by atoms with E-state index in [4.69, 9.17) is 34.9 Å². The van der Waals surface area contributed by atoms with Crippen molar-refractivity contribution < 1.29 is 73.8 Å². The minimum Gasteiger partial charge on any atom is -0.489 e. The third-order valence-corrected chi connectivity index (χ3v) is 9.33. The highest BCUT2D eigenvalue weighted by Crippen LogP contribution is 2.34. The second-order valence-electron chi connectivity index (χ2n) is 13.7. The summed E-state index contributed by atoms with van der Waals surface area (Å²) in [5.41, 5.74) is 4.21. The van der Waals surface area contributed by atoms with Crippen LogP contribution in [0.5, 0.6) is 23.0 Å². The summed E-state index contributed by atoms with van der Waals surface area (Å²) >= 11 is 5.75. The maximum Gasteiger partial charge on any atom is 0.573 e. The van der Waals surface area contributed by atoms with Gasteiger partial charge in [0.05, 0.1) is 35.9 Å². The van der Waals surface area contributed by atoms with Crippen LogP contribution in [-0.2, 0) is 27.5 Å². The predicted octanol–water partition coefficient (Wildman–Crippen LogP) is 13.0. The fourth-order valence-corrected chi connectivity index (χ4v) is 6.29. The molecular weight excluding hydrogens is 902 g/mol. The first-order valence-corrected chi connectivity index (χ1v) is 19.5. The van der Waals surface area contributed by atoms with Gasteiger partial charge in [0.2, 0.25) is 0 Å². The number of carboxylic acid groups (broad SMARTS) is 1. The number of aromatic nitrogens is 2. The molecule has 19 heteroatoms. The van der Waals surface area contributed by atoms with Gasteiger partial charge in [0.25, 0.3) is 0 Å². The molecule has 2 heterocycles. The smallest absolute Gasteiger partial charge is 0.489 e. The van der Waals surface area contributed by atoms with Crippen molar-refractivity contribution >= 4 is 29.1 Å². The van der Waals surface area contributed by atoms with Crippen molar-refractivity contribution in [1.29, 1.82) is 0 Å². The molecule has 4 aromatic carbocycles. The molecule has 2 aromatic heterocycles. The molecule has 0 unspecified atom stereocenters. The van der Waals surface area contributed by atoms with Crippen LogP contribution in [0.3, 0.4) is 0 Å². The lowest BCUT2D eigenvalue weighted by atomic mass is 9.92. The highest BCUT2D eigenvalue weighted by molar-refractivity contribution is 6.32. The highest BCUT2D eigenvalue weighted by atomic mass is 35.5. The first-order valence-electron chi connectivity index (χ1n) is 19.1. The van der Waals surface area contributed by atoms with Crippen LogP contribution in [0.1, 0.15) is 92.6 Å². The number of esters is 1. The molecular formula is C47H47ClF6N2O10. The molecule has 0 aliphatic heterocycles. The van der Waals surface area contributed by atoms with Crippen molar-refractivity contribution in [3.63, 3.8) is 0 Å². The van der Waals surface area contributed by atoms with Crippen LogP contribution in [0, 0.1) is 0 Å². The number of nitrogens with zero attached hydrogens (tertiary/aromatic N) is 2. The van der Waals surface area contributed by atoms with E-state index in [1.807, 2.05) is 0 Å². The molecule has 6 rings (SSSR count). The Morgan fingerprint density at radius 1 is 0.697 bits per heavy atom. The summed E-state index contributed by atoms with van der Waals surface area (Å²) in [5.74, 6) is -2.08. The van der Waals surface area contributed by atoms with E-state index in [-0.39, 0.29) is 75.7 Å². The Balaban J connectivity index is 0.000000340. The predicted molar refractivity (Wildman–Crippen MR) is 231 cm³/mol. The van der Waals surface area contributed by atoms with Crippen LogP contribution >= 0.6 is 11.6 Å². The molecule has 66 heavy (non-hydrogen) atoms. The van der Waals surface area contributed by atoms with Crippen molar-refractivity contribution in [3.8, 4) is 23.0 Å². The Morgan fingerprint density at radius 3 is 1.58 bits per heavy atom. The van der Waals surface area contributed by atoms with Crippen LogP contribution in [-0.4, -0.2) is 46.7 Å². The normalized spacial score (nSPS) is 11.9. The summed E-state index contributed by atoms with van der Waals surface area (Å²) in [6.45, 7) is 7.27. The van der Waals surface area contributed by atoms with Crippen LogP contribution in [0.4, 0.5) is 26.3 Å². The van der Waals surface area contributed by atoms with Crippen LogP contribution in [0.25, 0.3) is 5.57 Å². The number of halogens is 7. The molecule has 0 fully saturated rings. The summed E-state index contributed by atoms with van der Waals surface area (Å²) in [7, 11) is 0. The molecule has 0 saturated carbocycles. The number of hydrogen-bond acceptors (Lipinski definition) is 11. The van der Waals surface area contributed by atoms with Crippen LogP contribution < -0.4 is 18.9 Å². The standard InChI is InChI=1S/C23H20F3NO5.C22H19ClF3NO5.2CH4/c1-14(2)18-8-3-15(11-21(18)32-23(24,25)26)13-30-17-6-4-16(5-7-17)19(12-22(28)29)20-9-10-31-27-20;1-2-29-21(28)12-17(19-9-10-31-27-19)15-4-6-16(7-5-15)30-13-14-3-8-18(23)20(11-14)32-22(24,25)26;;/h3-11,19H,1,12-13H2,2H3,(H,28,29);3-11,17H,2,12-13H2,1H3;2*1H4/t19-;17-;;/m00../s1. The monoisotopic (exact) mass is 948 g/mol. The molecule has 1 N–H and O–H groups in total. The Morgan fingerprint density at radius 2 is 1.15 bits per heavy atom. The summed E-state index contributed by atoms with van der Waals surface area (Å²) in [4.78, 5) is 23.2. The van der Waals surface area contributed by atoms with E-state index in [1.54, 1.807) is 86.6 Å². The largest absolute Gasteiger partial charge is 0.573 e. The summed E-state index contributed by atoms with van der Waals surface area (Å²) < 4.78 is 110. The fraction of sp³-hybridized carbons (Fsp3) is 0.277. The molecule has 0 spiro atoms. The van der Waals surface area contributed by atoms with Gasteiger partial charge in [0, 0.05) is 29.5 Å². The number of rotatable bonds is 18. The van der Waals surface area contributed by atoms with Gasteiger partial charge >= 0.3 is 24.7 Å². The third kappa shape index (κ3) is 16.6. The first kappa shape index (κ1) is 53.4. The van der Waals surface area contributed by atoms with Crippen molar-refractivity contribution in [2.24, 2.45) is 0 Å². The van der Waals surface area contributed by atoms with E-state index in [0.717, 1.165) is 5.56 Å². The molecule has 0 amide bonds. The number of ether oxygens (including phenoxy) is 5. The minimum absolute atomic E-state index is 0. The Labute approximate surface area is 381 Å². The maximum atomic E-state index is 12.7. The van der Waals surface area contributed by atoms with Gasteiger partial charge in [0.15, 0.2) is 0 Å². The van der Waals surface area contributed by atoms with Gasteiger partial charge in [-0.2, -0.15) is 0 Å². The number of benzene rings is 4. The number of allylic oxidation sites excluding steroid dienone is 1. The summed E-state index contributed by atoms with van der Waals surface area (Å²) in [6.07, 6.45) is -6.94. The van der Waals surface area contributed by atoms with E-state index < -0.39 is 30.4 Å². The lowest BCUT2D eigenvalue weighted by molar-refractivity contribution is -0.275. The second kappa shape index (κ2) is 24.4. The number of alkyl halides is 6. The van der Waals surface area contributed by atoms with E-state index in [0.29, 0.717) is 45.2 Å². The SMILES string of the molecule is C.C.C=C(C)c1ccc(COc2ccc([C@H](CC(=O)O)c3ccon3)cc2)cc1OC(F)(F)F.CCOC(=O)C[C@@H](c1ccc(OCc2ccc(Cl)c(OC(F)(F)F)c2)cc1)c1ccon1. The first-order chi connectivity index (χ1) is 30.4. The molecule has 6 aromatic rings. The van der Waals surface area contributed by atoms with Crippen molar-refractivity contribution in [2.75, 3.05) is 6.61 Å². The van der Waals surface area contributed by atoms with Crippen LogP contribution in [0.2, 0.25) is 5.02 Å². The van der Waals surface area contributed by atoms with Gasteiger partial charge in [-0.3, -0.25) is 9.59 Å². The van der Waals surface area contributed by atoms with E-state index >= 15 is 0 Å². The average molecular weight is 949 g/mol. The topological polar surface area (TPSA) is 153 Å². The Kier molecular flexibility index (Phi) is 19.7. The number of carboxylic acids is 1. The Hall–Kier alpha value is -6.95. The number of aliphatic carboxylic acids is 1. The highest BCUT2D eigenvalue weighted by Gasteiger charge is 2.33. The van der Waals surface area contributed by atoms with E-state index in [9.17, 15) is 41.0 Å². The van der Waals surface area contributed by atoms with Crippen molar-refractivity contribution in [3.05, 3.63) is 160 Å². The zero-order valence-corrected chi connectivity index (χ0v) is 34.7. The van der Waals surface area contributed by atoms with E-state index in [2.05, 4.69) is 26.4 Å². The zero-order valence-electron chi connectivity index (χ0n) is 34.0. The number of carbonyl (C=O) groups is 2. The zero-order chi connectivity index (χ0) is 46.4. The van der Waals surface area contributed by atoms with Gasteiger partial charge in [-0.1, -0.05) is 85.8 Å². The quantitative estimate of drug-likeness (QED) is 0.0644. The molecule has 2 atom stereocenters. The van der Waals surface area contributed by atoms with Gasteiger partial charge in [-0.05, 0) is 84.1 Å². The van der Waals surface area contributed by atoms with Gasteiger partial charge in [0.1, 0.15) is 48.7 Å². The minimum atomic E-state index is -4.84. The van der Waals surface area contributed by atoms with Crippen molar-refractivity contribution in [2.45, 2.75) is 79.3 Å². The molecule has 0 radical (unpaired) electrons. The number of carbonyl (C=O) groups excluding carboxylic acids is 1. The molecule has 0 saturated heterocycles. The fourth-order valence-electron chi connectivity index (χ4n) is 6.14. The Bertz CT molecular complexity index is 2440. The summed E-state index contributed by atoms with van der Waals surface area (Å²) in [6, 6.07) is 25.3. The molecule has 0 aliphatic rings.